The molecule has 4 N–H and O–H groups in total. The third-order valence-electron chi connectivity index (χ3n) is 6.15. The van der Waals surface area contributed by atoms with Crippen LogP contribution in [0.4, 0.5) is 5.69 Å². The van der Waals surface area contributed by atoms with E-state index in [0.717, 1.165) is 0 Å². The molecule has 12 nitrogen and oxygen atoms in total. The number of tetrazole rings is 1. The Kier molecular flexibility index (Phi) is 7.78. The van der Waals surface area contributed by atoms with Gasteiger partial charge in [0.25, 0.3) is 0 Å². The number of fused-ring (bicyclic) bond motifs is 4. The molecule has 5 rings (SSSR count). The van der Waals surface area contributed by atoms with E-state index in [0.29, 0.717) is 51.9 Å². The van der Waals surface area contributed by atoms with Crippen molar-refractivity contribution in [3.63, 3.8) is 0 Å². The highest BCUT2D eigenvalue weighted by atomic mass is 35.5. The van der Waals surface area contributed by atoms with Gasteiger partial charge in [-0.1, -0.05) is 23.8 Å². The van der Waals surface area contributed by atoms with Gasteiger partial charge in [0, 0.05) is 28.6 Å². The maximum Gasteiger partial charge on any atom is 0.335 e. The number of carbonyl (C=O) groups excluding carboxylic acids is 2. The van der Waals surface area contributed by atoms with E-state index in [1.54, 1.807) is 36.5 Å². The van der Waals surface area contributed by atoms with E-state index in [1.807, 2.05) is 12.2 Å². The fourth-order valence-corrected chi connectivity index (χ4v) is 4.38. The molecule has 0 aliphatic carbocycles. The lowest BCUT2D eigenvalue weighted by molar-refractivity contribution is -0.117. The van der Waals surface area contributed by atoms with Gasteiger partial charge in [-0.2, -0.15) is 4.68 Å². The number of hydrogen-bond donors (Lipinski definition) is 4. The number of anilines is 1. The van der Waals surface area contributed by atoms with Crippen LogP contribution in [0.1, 0.15) is 47.1 Å². The molecular weight excluding hydrogens is 536 g/mol. The van der Waals surface area contributed by atoms with Crippen molar-refractivity contribution in [2.24, 2.45) is 0 Å². The van der Waals surface area contributed by atoms with E-state index in [4.69, 9.17) is 11.6 Å². The molecule has 4 aromatic rings. The van der Waals surface area contributed by atoms with Gasteiger partial charge >= 0.3 is 5.97 Å². The molecular formula is C27H23ClN8O4. The average Bonchev–Trinajstić information content (AvgIpc) is 3.64. The van der Waals surface area contributed by atoms with Gasteiger partial charge in [0.15, 0.2) is 0 Å². The smallest absolute Gasteiger partial charge is 0.335 e. The Balaban J connectivity index is 1.43. The fraction of sp³-hybridized carbons (Fsp3) is 0.148. The van der Waals surface area contributed by atoms with Crippen LogP contribution in [0, 0.1) is 0 Å². The van der Waals surface area contributed by atoms with E-state index in [9.17, 15) is 19.5 Å². The Morgan fingerprint density at radius 3 is 2.85 bits per heavy atom. The van der Waals surface area contributed by atoms with Crippen molar-refractivity contribution in [3.8, 4) is 16.9 Å². The van der Waals surface area contributed by atoms with Gasteiger partial charge in [-0.05, 0) is 65.7 Å². The Morgan fingerprint density at radius 1 is 1.18 bits per heavy atom. The third-order valence-corrected chi connectivity index (χ3v) is 6.38. The zero-order valence-corrected chi connectivity index (χ0v) is 21.7. The number of aromatic nitrogens is 6. The fourth-order valence-electron chi connectivity index (χ4n) is 4.20. The molecule has 13 heteroatoms. The first-order valence-corrected chi connectivity index (χ1v) is 12.6. The number of nitrogens with one attached hydrogen (secondary N) is 3. The molecule has 2 amide bonds. The van der Waals surface area contributed by atoms with Gasteiger partial charge in [0.1, 0.15) is 12.2 Å². The summed E-state index contributed by atoms with van der Waals surface area (Å²) in [6, 6.07) is 9.06. The maximum absolute atomic E-state index is 13.0. The lowest BCUT2D eigenvalue weighted by atomic mass is 10.1. The van der Waals surface area contributed by atoms with E-state index in [1.165, 1.54) is 29.2 Å². The number of aromatic amines is 1. The van der Waals surface area contributed by atoms with Crippen molar-refractivity contribution in [2.75, 3.05) is 5.32 Å². The second kappa shape index (κ2) is 11.7. The number of carboxylic acid groups (broad SMARTS) is 1. The van der Waals surface area contributed by atoms with Gasteiger partial charge in [0.05, 0.1) is 34.9 Å². The van der Waals surface area contributed by atoms with Gasteiger partial charge < -0.3 is 20.7 Å². The van der Waals surface area contributed by atoms with E-state index in [2.05, 4.69) is 36.1 Å². The number of halogens is 1. The van der Waals surface area contributed by atoms with Gasteiger partial charge in [-0.15, -0.1) is 5.10 Å². The predicted molar refractivity (Wildman–Crippen MR) is 147 cm³/mol. The molecule has 1 atom stereocenters. The van der Waals surface area contributed by atoms with Crippen molar-refractivity contribution >= 4 is 41.1 Å². The number of imidazole rings is 1. The SMILES string of the molecule is O=C(/C=C/c1cc(Cl)ccc1-n1cnnn1)N[C@H]1C/C=C/CCC(=O)Nc2ccc(C(=O)O)cc2-c2cnc1[nH]2. The second-order valence-electron chi connectivity index (χ2n) is 8.89. The predicted octanol–water partition coefficient (Wildman–Crippen LogP) is 3.95. The normalized spacial score (nSPS) is 16.2. The number of allylic oxidation sites excluding steroid dienone is 1. The van der Waals surface area contributed by atoms with Crippen molar-refractivity contribution in [3.05, 3.63) is 89.1 Å². The van der Waals surface area contributed by atoms with Crippen LogP contribution in [0.5, 0.6) is 0 Å². The molecule has 202 valence electrons. The number of nitrogens with zero attached hydrogens (tertiary/aromatic N) is 5. The minimum absolute atomic E-state index is 0.0622. The summed E-state index contributed by atoms with van der Waals surface area (Å²) in [6.07, 6.45) is 10.9. The minimum Gasteiger partial charge on any atom is -0.478 e. The molecule has 3 heterocycles. The van der Waals surface area contributed by atoms with Crippen LogP contribution in [0.25, 0.3) is 23.0 Å². The van der Waals surface area contributed by atoms with E-state index < -0.39 is 12.0 Å². The molecule has 0 fully saturated rings. The highest BCUT2D eigenvalue weighted by Crippen LogP contribution is 2.30. The van der Waals surface area contributed by atoms with Crippen molar-refractivity contribution in [1.82, 2.24) is 35.5 Å². The number of rotatable bonds is 5. The molecule has 2 aromatic carbocycles. The van der Waals surface area contributed by atoms with Crippen molar-refractivity contribution in [1.29, 1.82) is 0 Å². The number of benzene rings is 2. The monoisotopic (exact) mass is 558 g/mol. The number of carboxylic acids is 1. The number of hydrogen-bond acceptors (Lipinski definition) is 7. The zero-order valence-electron chi connectivity index (χ0n) is 20.9. The van der Waals surface area contributed by atoms with Gasteiger partial charge in [0.2, 0.25) is 11.8 Å². The molecule has 40 heavy (non-hydrogen) atoms. The quantitative estimate of drug-likeness (QED) is 0.211. The van der Waals surface area contributed by atoms with Gasteiger partial charge in [-0.25, -0.2) is 9.78 Å². The number of carbonyl (C=O) groups is 3. The van der Waals surface area contributed by atoms with Crippen LogP contribution in [0.2, 0.25) is 5.02 Å². The Bertz CT molecular complexity index is 1630. The van der Waals surface area contributed by atoms with Crippen LogP contribution in [0.3, 0.4) is 0 Å². The largest absolute Gasteiger partial charge is 0.478 e. The Labute approximate surface area is 232 Å². The first-order chi connectivity index (χ1) is 19.4. The lowest BCUT2D eigenvalue weighted by Gasteiger charge is -2.14. The van der Waals surface area contributed by atoms with E-state index >= 15 is 0 Å². The molecule has 0 saturated heterocycles. The van der Waals surface area contributed by atoms with E-state index in [-0.39, 0.29) is 23.8 Å². The first-order valence-electron chi connectivity index (χ1n) is 12.3. The summed E-state index contributed by atoms with van der Waals surface area (Å²) < 4.78 is 1.46. The van der Waals surface area contributed by atoms with Crippen molar-refractivity contribution < 1.29 is 19.5 Å². The number of H-pyrrole nitrogens is 1. The zero-order chi connectivity index (χ0) is 28.1. The first kappa shape index (κ1) is 26.5. The highest BCUT2D eigenvalue weighted by molar-refractivity contribution is 6.30. The molecule has 0 saturated carbocycles. The molecule has 0 unspecified atom stereocenters. The summed E-state index contributed by atoms with van der Waals surface area (Å²) in [5.74, 6) is -1.21. The molecule has 1 aliphatic rings. The van der Waals surface area contributed by atoms with Gasteiger partial charge in [-0.3, -0.25) is 9.59 Å². The minimum atomic E-state index is -1.10. The maximum atomic E-state index is 13.0. The Morgan fingerprint density at radius 2 is 2.05 bits per heavy atom. The van der Waals surface area contributed by atoms with Crippen LogP contribution in [-0.2, 0) is 9.59 Å². The summed E-state index contributed by atoms with van der Waals surface area (Å²) in [4.78, 5) is 44.7. The standard InChI is InChI=1S/C27H23ClN8O4/c28-18-8-10-23(36-15-30-34-35-36)16(12-18)7-11-25(38)32-21-4-2-1-3-5-24(37)31-20-9-6-17(27(39)40)13-19(20)22-14-29-26(21)33-22/h1-2,6-15,21H,3-5H2,(H,29,33)(H,31,37)(H,32,38)(H,39,40)/b2-1+,11-7+/t21-/m0/s1. The number of aromatic carboxylic acids is 1. The topological polar surface area (TPSA) is 168 Å². The van der Waals surface area contributed by atoms with Crippen LogP contribution < -0.4 is 10.6 Å². The summed E-state index contributed by atoms with van der Waals surface area (Å²) in [5, 5.41) is 27.0. The Hall–Kier alpha value is -5.10. The third kappa shape index (κ3) is 6.13. The molecule has 0 radical (unpaired) electrons. The van der Waals surface area contributed by atoms with Crippen LogP contribution in [0.15, 0.2) is 67.2 Å². The van der Waals surface area contributed by atoms with Crippen LogP contribution >= 0.6 is 11.6 Å². The second-order valence-corrected chi connectivity index (χ2v) is 9.33. The lowest BCUT2D eigenvalue weighted by Crippen LogP contribution is -2.27. The van der Waals surface area contributed by atoms with Crippen molar-refractivity contribution in [2.45, 2.75) is 25.3 Å². The van der Waals surface area contributed by atoms with Crippen LogP contribution in [-0.4, -0.2) is 53.1 Å². The molecule has 2 aromatic heterocycles. The number of amides is 2. The summed E-state index contributed by atoms with van der Waals surface area (Å²) in [7, 11) is 0. The average molecular weight is 559 g/mol. The summed E-state index contributed by atoms with van der Waals surface area (Å²) >= 11 is 6.17. The molecule has 0 spiro atoms. The summed E-state index contributed by atoms with van der Waals surface area (Å²) in [5.41, 5.74) is 2.76. The summed E-state index contributed by atoms with van der Waals surface area (Å²) in [6.45, 7) is 0. The molecule has 1 aliphatic heterocycles. The molecule has 2 bridgehead atoms. The highest BCUT2D eigenvalue weighted by Gasteiger charge is 2.20.